The van der Waals surface area contributed by atoms with Crippen LogP contribution in [0.1, 0.15) is 10.4 Å². The average molecular weight is 395 g/mol. The second-order valence-corrected chi connectivity index (χ2v) is 6.35. The highest BCUT2D eigenvalue weighted by Crippen LogP contribution is 2.20. The summed E-state index contributed by atoms with van der Waals surface area (Å²) in [5.41, 5.74) is 5.24. The van der Waals surface area contributed by atoms with Crippen LogP contribution in [0.25, 0.3) is 0 Å². The van der Waals surface area contributed by atoms with E-state index in [1.165, 1.54) is 11.8 Å². The summed E-state index contributed by atoms with van der Waals surface area (Å²) in [4.78, 5) is 24.7. The lowest BCUT2D eigenvalue weighted by Crippen LogP contribution is -2.42. The molecule has 0 aliphatic heterocycles. The molecule has 0 aliphatic carbocycles. The maximum Gasteiger partial charge on any atom is 0.270 e. The molecular formula is C16H15BrN2O3S. The van der Waals surface area contributed by atoms with Gasteiger partial charge < -0.3 is 4.74 Å². The van der Waals surface area contributed by atoms with Gasteiger partial charge in [-0.3, -0.25) is 20.4 Å². The summed E-state index contributed by atoms with van der Waals surface area (Å²) in [5, 5.41) is 0. The predicted octanol–water partition coefficient (Wildman–Crippen LogP) is 3.01. The molecule has 0 atom stereocenters. The van der Waals surface area contributed by atoms with Crippen molar-refractivity contribution < 1.29 is 14.3 Å². The first-order chi connectivity index (χ1) is 11.1. The van der Waals surface area contributed by atoms with Gasteiger partial charge in [0.15, 0.2) is 0 Å². The number of hydrogen-bond donors (Lipinski definition) is 2. The Kier molecular flexibility index (Phi) is 6.49. The lowest BCUT2D eigenvalue weighted by molar-refractivity contribution is -0.119. The van der Waals surface area contributed by atoms with Gasteiger partial charge in [-0.15, -0.1) is 11.8 Å². The first kappa shape index (κ1) is 17.4. The summed E-state index contributed by atoms with van der Waals surface area (Å²) in [7, 11) is 1.60. The second-order valence-electron chi connectivity index (χ2n) is 4.45. The fraction of sp³-hybridized carbons (Fsp3) is 0.125. The minimum absolute atomic E-state index is 0.197. The van der Waals surface area contributed by atoms with Crippen LogP contribution >= 0.6 is 27.7 Å². The lowest BCUT2D eigenvalue weighted by atomic mass is 10.2. The summed E-state index contributed by atoms with van der Waals surface area (Å²) in [6.07, 6.45) is 0. The number of halogens is 1. The van der Waals surface area contributed by atoms with Crippen molar-refractivity contribution in [3.8, 4) is 5.75 Å². The zero-order valence-electron chi connectivity index (χ0n) is 12.3. The number of amides is 2. The number of nitrogens with one attached hydrogen (secondary N) is 2. The van der Waals surface area contributed by atoms with Gasteiger partial charge in [0, 0.05) is 9.37 Å². The van der Waals surface area contributed by atoms with E-state index >= 15 is 0 Å². The Labute approximate surface area is 146 Å². The fourth-order valence-corrected chi connectivity index (χ4v) is 2.86. The van der Waals surface area contributed by atoms with E-state index in [1.54, 1.807) is 25.3 Å². The maximum atomic E-state index is 11.9. The maximum absolute atomic E-state index is 11.9. The first-order valence-electron chi connectivity index (χ1n) is 6.70. The molecular weight excluding hydrogens is 380 g/mol. The largest absolute Gasteiger partial charge is 0.497 e. The number of hydrogen-bond acceptors (Lipinski definition) is 4. The van der Waals surface area contributed by atoms with E-state index in [9.17, 15) is 9.59 Å². The minimum atomic E-state index is -0.375. The van der Waals surface area contributed by atoms with E-state index in [-0.39, 0.29) is 17.6 Å². The summed E-state index contributed by atoms with van der Waals surface area (Å²) in [6, 6.07) is 14.4. The molecule has 0 saturated heterocycles. The van der Waals surface area contributed by atoms with Gasteiger partial charge in [-0.05, 0) is 52.3 Å². The van der Waals surface area contributed by atoms with Crippen molar-refractivity contribution in [1.82, 2.24) is 10.9 Å². The van der Waals surface area contributed by atoms with E-state index in [2.05, 4.69) is 26.8 Å². The molecule has 120 valence electrons. The summed E-state index contributed by atoms with van der Waals surface area (Å²) < 4.78 is 5.74. The van der Waals surface area contributed by atoms with E-state index in [4.69, 9.17) is 4.74 Å². The molecule has 0 heterocycles. The number of carbonyl (C=O) groups excluding carboxylic acids is 2. The Morgan fingerprint density at radius 2 is 1.78 bits per heavy atom. The van der Waals surface area contributed by atoms with Crippen LogP contribution in [0.15, 0.2) is 57.9 Å². The van der Waals surface area contributed by atoms with E-state index in [0.29, 0.717) is 10.0 Å². The van der Waals surface area contributed by atoms with Gasteiger partial charge in [-0.25, -0.2) is 0 Å². The van der Waals surface area contributed by atoms with Gasteiger partial charge in [0.2, 0.25) is 5.91 Å². The van der Waals surface area contributed by atoms with Crippen molar-refractivity contribution in [1.29, 1.82) is 0 Å². The van der Waals surface area contributed by atoms with Crippen LogP contribution in [0.4, 0.5) is 0 Å². The SMILES string of the molecule is COc1ccc(SCC(=O)NNC(=O)c2ccccc2Br)cc1. The summed E-state index contributed by atoms with van der Waals surface area (Å²) in [5.74, 6) is 0.300. The number of methoxy groups -OCH3 is 1. The van der Waals surface area contributed by atoms with Crippen molar-refractivity contribution in [3.63, 3.8) is 0 Å². The van der Waals surface area contributed by atoms with Gasteiger partial charge in [0.1, 0.15) is 5.75 Å². The van der Waals surface area contributed by atoms with Crippen LogP contribution in [-0.2, 0) is 4.79 Å². The number of carbonyl (C=O) groups is 2. The highest BCUT2D eigenvalue weighted by molar-refractivity contribution is 9.10. The molecule has 0 unspecified atom stereocenters. The van der Waals surface area contributed by atoms with Crippen molar-refractivity contribution >= 4 is 39.5 Å². The van der Waals surface area contributed by atoms with Gasteiger partial charge in [-0.2, -0.15) is 0 Å². The normalized spacial score (nSPS) is 10.0. The highest BCUT2D eigenvalue weighted by atomic mass is 79.9. The van der Waals surface area contributed by atoms with Crippen molar-refractivity contribution in [2.75, 3.05) is 12.9 Å². The van der Waals surface area contributed by atoms with E-state index < -0.39 is 0 Å². The zero-order valence-corrected chi connectivity index (χ0v) is 14.7. The van der Waals surface area contributed by atoms with Crippen LogP contribution in [0.2, 0.25) is 0 Å². The van der Waals surface area contributed by atoms with Crippen molar-refractivity contribution in [3.05, 3.63) is 58.6 Å². The Morgan fingerprint density at radius 3 is 2.43 bits per heavy atom. The molecule has 0 saturated carbocycles. The summed E-state index contributed by atoms with van der Waals surface area (Å²) >= 11 is 4.66. The smallest absolute Gasteiger partial charge is 0.270 e. The number of hydrazine groups is 1. The van der Waals surface area contributed by atoms with Crippen LogP contribution < -0.4 is 15.6 Å². The van der Waals surface area contributed by atoms with Gasteiger partial charge in [-0.1, -0.05) is 12.1 Å². The summed E-state index contributed by atoms with van der Waals surface area (Å²) in [6.45, 7) is 0. The molecule has 2 amide bonds. The topological polar surface area (TPSA) is 67.4 Å². The zero-order chi connectivity index (χ0) is 16.7. The van der Waals surface area contributed by atoms with Crippen LogP contribution in [0.5, 0.6) is 5.75 Å². The van der Waals surface area contributed by atoms with E-state index in [0.717, 1.165) is 10.6 Å². The standard InChI is InChI=1S/C16H15BrN2O3S/c1-22-11-6-8-12(9-7-11)23-10-15(20)18-19-16(21)13-4-2-3-5-14(13)17/h2-9H,10H2,1H3,(H,18,20)(H,19,21). The molecule has 23 heavy (non-hydrogen) atoms. The predicted molar refractivity (Wildman–Crippen MR) is 93.5 cm³/mol. The molecule has 2 N–H and O–H groups in total. The van der Waals surface area contributed by atoms with Crippen LogP contribution in [0.3, 0.4) is 0 Å². The molecule has 7 heteroatoms. The molecule has 0 bridgehead atoms. The van der Waals surface area contributed by atoms with Crippen molar-refractivity contribution in [2.45, 2.75) is 4.90 Å². The van der Waals surface area contributed by atoms with Crippen LogP contribution in [0, 0.1) is 0 Å². The molecule has 2 aromatic carbocycles. The van der Waals surface area contributed by atoms with Gasteiger partial charge in [0.05, 0.1) is 18.4 Å². The second kappa shape index (κ2) is 8.59. The van der Waals surface area contributed by atoms with Gasteiger partial charge in [0.25, 0.3) is 5.91 Å². The third-order valence-electron chi connectivity index (χ3n) is 2.86. The average Bonchev–Trinajstić information content (AvgIpc) is 2.58. The van der Waals surface area contributed by atoms with Crippen LogP contribution in [-0.4, -0.2) is 24.7 Å². The van der Waals surface area contributed by atoms with E-state index in [1.807, 2.05) is 30.3 Å². The number of ether oxygens (including phenoxy) is 1. The molecule has 0 aromatic heterocycles. The van der Waals surface area contributed by atoms with Crippen molar-refractivity contribution in [2.24, 2.45) is 0 Å². The Bertz CT molecular complexity index is 692. The fourth-order valence-electron chi connectivity index (χ4n) is 1.70. The molecule has 0 radical (unpaired) electrons. The third-order valence-corrected chi connectivity index (χ3v) is 4.57. The number of benzene rings is 2. The number of rotatable bonds is 5. The lowest BCUT2D eigenvalue weighted by Gasteiger charge is -2.08. The molecule has 0 aliphatic rings. The Hall–Kier alpha value is -1.99. The first-order valence-corrected chi connectivity index (χ1v) is 8.48. The minimum Gasteiger partial charge on any atom is -0.497 e. The molecule has 5 nitrogen and oxygen atoms in total. The monoisotopic (exact) mass is 394 g/mol. The molecule has 0 spiro atoms. The Morgan fingerprint density at radius 1 is 1.09 bits per heavy atom. The quantitative estimate of drug-likeness (QED) is 0.604. The number of thioether (sulfide) groups is 1. The molecule has 2 rings (SSSR count). The third kappa shape index (κ3) is 5.30. The molecule has 2 aromatic rings. The highest BCUT2D eigenvalue weighted by Gasteiger charge is 2.10. The Balaban J connectivity index is 1.78. The molecule has 0 fully saturated rings. The van der Waals surface area contributed by atoms with Gasteiger partial charge >= 0.3 is 0 Å².